The lowest BCUT2D eigenvalue weighted by Gasteiger charge is -2.26. The van der Waals surface area contributed by atoms with E-state index in [2.05, 4.69) is 5.32 Å². The van der Waals surface area contributed by atoms with Crippen molar-refractivity contribution >= 4 is 21.6 Å². The minimum Gasteiger partial charge on any atom is -0.497 e. The minimum atomic E-state index is -4.11. The van der Waals surface area contributed by atoms with Crippen LogP contribution in [0.5, 0.6) is 23.0 Å². The maximum atomic E-state index is 13.7. The van der Waals surface area contributed by atoms with Crippen molar-refractivity contribution in [3.8, 4) is 23.0 Å². The van der Waals surface area contributed by atoms with Gasteiger partial charge in [0.15, 0.2) is 11.5 Å². The van der Waals surface area contributed by atoms with Crippen LogP contribution in [0.4, 0.5) is 5.69 Å². The Morgan fingerprint density at radius 3 is 2.43 bits per heavy atom. The van der Waals surface area contributed by atoms with Crippen molar-refractivity contribution in [2.24, 2.45) is 0 Å². The van der Waals surface area contributed by atoms with Crippen molar-refractivity contribution in [2.45, 2.75) is 18.4 Å². The van der Waals surface area contributed by atoms with Gasteiger partial charge in [0.05, 0.1) is 24.8 Å². The van der Waals surface area contributed by atoms with Crippen LogP contribution in [0.25, 0.3) is 0 Å². The second kappa shape index (κ2) is 10.1. The van der Waals surface area contributed by atoms with E-state index in [1.165, 1.54) is 32.4 Å². The molecule has 1 aliphatic rings. The third kappa shape index (κ3) is 5.27. The molecule has 0 unspecified atom stereocenters. The molecule has 10 heteroatoms. The summed E-state index contributed by atoms with van der Waals surface area (Å²) in [6.45, 7) is 1.73. The summed E-state index contributed by atoms with van der Waals surface area (Å²) in [7, 11) is -1.21. The number of fused-ring (bicyclic) bond motifs is 1. The van der Waals surface area contributed by atoms with Crippen LogP contribution in [0.3, 0.4) is 0 Å². The van der Waals surface area contributed by atoms with E-state index < -0.39 is 22.5 Å². The van der Waals surface area contributed by atoms with Crippen LogP contribution in [0, 0.1) is 6.92 Å². The summed E-state index contributed by atoms with van der Waals surface area (Å²) in [6.07, 6.45) is 0. The third-order valence-corrected chi connectivity index (χ3v) is 7.25. The molecular weight excluding hydrogens is 472 g/mol. The van der Waals surface area contributed by atoms with Crippen LogP contribution in [0.2, 0.25) is 0 Å². The highest BCUT2D eigenvalue weighted by molar-refractivity contribution is 7.92. The number of anilines is 1. The van der Waals surface area contributed by atoms with E-state index in [-0.39, 0.29) is 29.7 Å². The highest BCUT2D eigenvalue weighted by Crippen LogP contribution is 2.36. The van der Waals surface area contributed by atoms with Crippen LogP contribution in [0.15, 0.2) is 65.6 Å². The Hall–Kier alpha value is -3.92. The zero-order valence-electron chi connectivity index (χ0n) is 19.6. The number of nitrogens with zero attached hydrogens (tertiary/aromatic N) is 1. The van der Waals surface area contributed by atoms with E-state index in [4.69, 9.17) is 18.9 Å². The van der Waals surface area contributed by atoms with Gasteiger partial charge < -0.3 is 24.3 Å². The first-order valence-electron chi connectivity index (χ1n) is 10.8. The van der Waals surface area contributed by atoms with E-state index in [0.717, 1.165) is 15.4 Å². The van der Waals surface area contributed by atoms with E-state index in [1.807, 2.05) is 6.92 Å². The van der Waals surface area contributed by atoms with E-state index in [9.17, 15) is 13.2 Å². The number of ether oxygens (including phenoxy) is 4. The van der Waals surface area contributed by atoms with Gasteiger partial charge >= 0.3 is 0 Å². The molecule has 0 saturated heterocycles. The third-order valence-electron chi connectivity index (χ3n) is 5.48. The smallest absolute Gasteiger partial charge is 0.264 e. The molecule has 0 saturated carbocycles. The Morgan fingerprint density at radius 2 is 1.71 bits per heavy atom. The van der Waals surface area contributed by atoms with Gasteiger partial charge in [-0.1, -0.05) is 23.8 Å². The molecule has 4 rings (SSSR count). The fourth-order valence-corrected chi connectivity index (χ4v) is 4.99. The first-order chi connectivity index (χ1) is 16.8. The second-order valence-electron chi connectivity index (χ2n) is 7.83. The molecule has 3 aromatic carbocycles. The highest BCUT2D eigenvalue weighted by atomic mass is 32.2. The molecule has 1 heterocycles. The number of hydrogen-bond acceptors (Lipinski definition) is 7. The van der Waals surface area contributed by atoms with Crippen molar-refractivity contribution < 1.29 is 32.2 Å². The van der Waals surface area contributed by atoms with Gasteiger partial charge in [-0.2, -0.15) is 0 Å². The Bertz CT molecular complexity index is 1320. The largest absolute Gasteiger partial charge is 0.497 e. The molecule has 35 heavy (non-hydrogen) atoms. The fraction of sp³-hybridized carbons (Fsp3) is 0.240. The highest BCUT2D eigenvalue weighted by Gasteiger charge is 2.30. The summed E-state index contributed by atoms with van der Waals surface area (Å²) in [4.78, 5) is 13.0. The summed E-state index contributed by atoms with van der Waals surface area (Å²) in [5.74, 6) is 1.45. The molecule has 1 N–H and O–H groups in total. The first kappa shape index (κ1) is 24.2. The zero-order chi connectivity index (χ0) is 25.0. The Balaban J connectivity index is 1.63. The molecule has 0 aliphatic carbocycles. The number of hydrogen-bond donors (Lipinski definition) is 1. The van der Waals surface area contributed by atoms with Crippen molar-refractivity contribution in [1.82, 2.24) is 5.32 Å². The molecule has 0 radical (unpaired) electrons. The number of amides is 1. The first-order valence-corrected chi connectivity index (χ1v) is 12.2. The molecular formula is C25H26N2O7S. The number of methoxy groups -OCH3 is 2. The van der Waals surface area contributed by atoms with Gasteiger partial charge in [-0.15, -0.1) is 0 Å². The lowest BCUT2D eigenvalue weighted by atomic mass is 10.2. The molecule has 0 atom stereocenters. The summed E-state index contributed by atoms with van der Waals surface area (Å²) in [6, 6.07) is 16.5. The van der Waals surface area contributed by atoms with E-state index in [0.29, 0.717) is 17.2 Å². The molecule has 0 spiro atoms. The molecule has 0 bridgehead atoms. The number of carbonyl (C=O) groups is 1. The van der Waals surface area contributed by atoms with Gasteiger partial charge in [0.1, 0.15) is 18.0 Å². The Kier molecular flexibility index (Phi) is 7.02. The molecule has 1 amide bonds. The van der Waals surface area contributed by atoms with Crippen molar-refractivity contribution in [3.05, 3.63) is 71.8 Å². The number of benzene rings is 3. The lowest BCUT2D eigenvalue weighted by Crippen LogP contribution is -2.40. The minimum absolute atomic E-state index is 0.0524. The summed E-state index contributed by atoms with van der Waals surface area (Å²) >= 11 is 0. The Labute approximate surface area is 204 Å². The monoisotopic (exact) mass is 498 g/mol. The maximum absolute atomic E-state index is 13.7. The number of nitrogens with one attached hydrogen (secondary N) is 1. The maximum Gasteiger partial charge on any atom is 0.264 e. The van der Waals surface area contributed by atoms with Gasteiger partial charge in [-0.05, 0) is 48.9 Å². The van der Waals surface area contributed by atoms with Gasteiger partial charge in [0, 0.05) is 12.6 Å². The molecule has 0 fully saturated rings. The van der Waals surface area contributed by atoms with Gasteiger partial charge in [-0.3, -0.25) is 9.10 Å². The topological polar surface area (TPSA) is 103 Å². The molecule has 9 nitrogen and oxygen atoms in total. The number of carbonyl (C=O) groups excluding carboxylic acids is 1. The molecule has 1 aliphatic heterocycles. The van der Waals surface area contributed by atoms with Crippen molar-refractivity contribution in [3.63, 3.8) is 0 Å². The van der Waals surface area contributed by atoms with Crippen LogP contribution >= 0.6 is 0 Å². The van der Waals surface area contributed by atoms with Crippen LogP contribution in [0.1, 0.15) is 11.1 Å². The zero-order valence-corrected chi connectivity index (χ0v) is 20.4. The number of sulfonamides is 1. The van der Waals surface area contributed by atoms with E-state index in [1.54, 1.807) is 42.5 Å². The quantitative estimate of drug-likeness (QED) is 0.483. The predicted molar refractivity (Wildman–Crippen MR) is 130 cm³/mol. The van der Waals surface area contributed by atoms with Crippen molar-refractivity contribution in [2.75, 3.05) is 31.9 Å². The van der Waals surface area contributed by atoms with E-state index >= 15 is 0 Å². The second-order valence-corrected chi connectivity index (χ2v) is 9.69. The average Bonchev–Trinajstić information content (AvgIpc) is 3.34. The van der Waals surface area contributed by atoms with Crippen LogP contribution in [-0.2, 0) is 21.4 Å². The van der Waals surface area contributed by atoms with Gasteiger partial charge in [0.2, 0.25) is 12.7 Å². The van der Waals surface area contributed by atoms with Crippen LogP contribution in [-0.4, -0.2) is 41.9 Å². The number of aryl methyl sites for hydroxylation is 1. The summed E-state index contributed by atoms with van der Waals surface area (Å²) in [5, 5.41) is 2.78. The molecule has 0 aromatic heterocycles. The fourth-order valence-electron chi connectivity index (χ4n) is 3.57. The SMILES string of the molecule is COc1ccc(OC)c(N(CC(=O)NCc2ccc3c(c2)OCO3)S(=O)(=O)c2ccc(C)cc2)c1. The normalized spacial score (nSPS) is 12.2. The standard InChI is InChI=1S/C25H26N2O7S/c1-17-4-8-20(9-5-17)35(29,30)27(21-13-19(31-2)7-11-22(21)32-3)15-25(28)26-14-18-6-10-23-24(12-18)34-16-33-23/h4-13H,14-16H2,1-3H3,(H,26,28). The number of rotatable bonds is 9. The predicted octanol–water partition coefficient (Wildman–Crippen LogP) is 3.25. The van der Waals surface area contributed by atoms with Gasteiger partial charge in [0.25, 0.3) is 10.0 Å². The molecule has 3 aromatic rings. The van der Waals surface area contributed by atoms with Crippen molar-refractivity contribution in [1.29, 1.82) is 0 Å². The average molecular weight is 499 g/mol. The lowest BCUT2D eigenvalue weighted by molar-refractivity contribution is -0.119. The summed E-state index contributed by atoms with van der Waals surface area (Å²) < 4.78 is 49.7. The molecule has 184 valence electrons. The Morgan fingerprint density at radius 1 is 0.971 bits per heavy atom. The van der Waals surface area contributed by atoms with Crippen LogP contribution < -0.4 is 28.6 Å². The summed E-state index contributed by atoms with van der Waals surface area (Å²) in [5.41, 5.74) is 1.89. The van der Waals surface area contributed by atoms with Gasteiger partial charge in [-0.25, -0.2) is 8.42 Å².